The van der Waals surface area contributed by atoms with Crippen molar-refractivity contribution in [1.82, 2.24) is 14.9 Å². The topological polar surface area (TPSA) is 29.9 Å². The molecule has 1 N–H and O–H groups in total. The molecule has 1 aromatic heterocycles. The van der Waals surface area contributed by atoms with Crippen molar-refractivity contribution in [3.63, 3.8) is 0 Å². The van der Waals surface area contributed by atoms with Crippen LogP contribution in [-0.2, 0) is 18.4 Å². The number of fused-ring (bicyclic) bond motifs is 1. The Morgan fingerprint density at radius 1 is 1.35 bits per heavy atom. The summed E-state index contributed by atoms with van der Waals surface area (Å²) in [4.78, 5) is 5.02. The van der Waals surface area contributed by atoms with Crippen molar-refractivity contribution in [3.8, 4) is 0 Å². The fraction of sp³-hybridized carbons (Fsp3) is 0.824. The molecule has 0 aromatic carbocycles. The van der Waals surface area contributed by atoms with E-state index in [9.17, 15) is 0 Å². The first-order valence-electron chi connectivity index (χ1n) is 8.32. The van der Waals surface area contributed by atoms with Crippen LogP contribution in [0.2, 0.25) is 0 Å². The molecule has 1 atom stereocenters. The van der Waals surface area contributed by atoms with Gasteiger partial charge in [0, 0.05) is 36.7 Å². The van der Waals surface area contributed by atoms with Gasteiger partial charge in [0.25, 0.3) is 0 Å². The lowest BCUT2D eigenvalue weighted by Crippen LogP contribution is -2.27. The molecule has 1 unspecified atom stereocenters. The molecular weight excluding hydrogens is 246 g/mol. The number of nitrogens with one attached hydrogen (secondary N) is 1. The third-order valence-corrected chi connectivity index (χ3v) is 4.73. The molecule has 112 valence electrons. The van der Waals surface area contributed by atoms with E-state index in [2.05, 4.69) is 37.6 Å². The minimum atomic E-state index is 0.133. The predicted octanol–water partition coefficient (Wildman–Crippen LogP) is 3.58. The summed E-state index contributed by atoms with van der Waals surface area (Å²) in [6.45, 7) is 11.3. The summed E-state index contributed by atoms with van der Waals surface area (Å²) in [7, 11) is 0. The molecule has 2 aliphatic rings. The Morgan fingerprint density at radius 3 is 2.70 bits per heavy atom. The van der Waals surface area contributed by atoms with Crippen molar-refractivity contribution in [2.75, 3.05) is 6.54 Å². The first kappa shape index (κ1) is 14.1. The lowest BCUT2D eigenvalue weighted by atomic mass is 9.94. The van der Waals surface area contributed by atoms with Gasteiger partial charge in [0.1, 0.15) is 5.82 Å². The van der Waals surface area contributed by atoms with E-state index >= 15 is 0 Å². The van der Waals surface area contributed by atoms with Crippen molar-refractivity contribution in [2.24, 2.45) is 5.92 Å². The third kappa shape index (κ3) is 2.65. The molecule has 3 heteroatoms. The number of hydrogen-bond acceptors (Lipinski definition) is 2. The summed E-state index contributed by atoms with van der Waals surface area (Å²) < 4.78 is 2.63. The number of rotatable bonds is 4. The van der Waals surface area contributed by atoms with Crippen LogP contribution in [0, 0.1) is 5.92 Å². The van der Waals surface area contributed by atoms with E-state index in [1.165, 1.54) is 42.9 Å². The molecule has 0 amide bonds. The summed E-state index contributed by atoms with van der Waals surface area (Å²) in [5.74, 6) is 2.28. The Balaban J connectivity index is 2.02. The van der Waals surface area contributed by atoms with Crippen LogP contribution in [0.3, 0.4) is 0 Å². The summed E-state index contributed by atoms with van der Waals surface area (Å²) in [6.07, 6.45) is 6.62. The van der Waals surface area contributed by atoms with Gasteiger partial charge in [-0.25, -0.2) is 4.98 Å². The van der Waals surface area contributed by atoms with Crippen molar-refractivity contribution in [2.45, 2.75) is 77.8 Å². The SMILES string of the molecule is CCC(CC1CC1)n1c(C(C)(C)C)nc2c1CCNC2. The van der Waals surface area contributed by atoms with Crippen molar-refractivity contribution in [1.29, 1.82) is 0 Å². The van der Waals surface area contributed by atoms with Crippen LogP contribution in [0.4, 0.5) is 0 Å². The highest BCUT2D eigenvalue weighted by Gasteiger charge is 2.32. The van der Waals surface area contributed by atoms with E-state index in [0.717, 1.165) is 25.4 Å². The van der Waals surface area contributed by atoms with Gasteiger partial charge in [0.05, 0.1) is 5.69 Å². The first-order chi connectivity index (χ1) is 9.50. The number of nitrogens with zero attached hydrogens (tertiary/aromatic N) is 2. The summed E-state index contributed by atoms with van der Waals surface area (Å²) in [5, 5.41) is 3.47. The quantitative estimate of drug-likeness (QED) is 0.910. The molecule has 3 nitrogen and oxygen atoms in total. The molecule has 1 aliphatic heterocycles. The molecule has 0 saturated heterocycles. The predicted molar refractivity (Wildman–Crippen MR) is 83.0 cm³/mol. The zero-order valence-electron chi connectivity index (χ0n) is 13.5. The second-order valence-corrected chi connectivity index (χ2v) is 7.62. The minimum Gasteiger partial charge on any atom is -0.328 e. The van der Waals surface area contributed by atoms with Crippen molar-refractivity contribution >= 4 is 0 Å². The van der Waals surface area contributed by atoms with Gasteiger partial charge in [0.2, 0.25) is 0 Å². The van der Waals surface area contributed by atoms with Gasteiger partial charge in [-0.15, -0.1) is 0 Å². The highest BCUT2D eigenvalue weighted by atomic mass is 15.2. The molecule has 1 saturated carbocycles. The highest BCUT2D eigenvalue weighted by Crippen LogP contribution is 2.40. The van der Waals surface area contributed by atoms with Gasteiger partial charge in [-0.2, -0.15) is 0 Å². The molecule has 1 fully saturated rings. The molecule has 1 aromatic rings. The van der Waals surface area contributed by atoms with Crippen LogP contribution >= 0.6 is 0 Å². The molecule has 1 aliphatic carbocycles. The lowest BCUT2D eigenvalue weighted by molar-refractivity contribution is 0.375. The van der Waals surface area contributed by atoms with E-state index in [1.54, 1.807) is 0 Å². The summed E-state index contributed by atoms with van der Waals surface area (Å²) in [5.41, 5.74) is 2.95. The fourth-order valence-electron chi connectivity index (χ4n) is 3.45. The monoisotopic (exact) mass is 275 g/mol. The second-order valence-electron chi connectivity index (χ2n) is 7.62. The van der Waals surface area contributed by atoms with Crippen LogP contribution in [0.5, 0.6) is 0 Å². The molecule has 0 radical (unpaired) electrons. The Labute approximate surface area is 123 Å². The van der Waals surface area contributed by atoms with Crippen LogP contribution in [-0.4, -0.2) is 16.1 Å². The van der Waals surface area contributed by atoms with E-state index in [0.29, 0.717) is 6.04 Å². The molecule has 20 heavy (non-hydrogen) atoms. The third-order valence-electron chi connectivity index (χ3n) is 4.73. The molecule has 0 spiro atoms. The van der Waals surface area contributed by atoms with E-state index < -0.39 is 0 Å². The smallest absolute Gasteiger partial charge is 0.114 e. The Morgan fingerprint density at radius 2 is 2.10 bits per heavy atom. The maximum Gasteiger partial charge on any atom is 0.114 e. The van der Waals surface area contributed by atoms with Crippen LogP contribution in [0.1, 0.15) is 76.6 Å². The number of aromatic nitrogens is 2. The largest absolute Gasteiger partial charge is 0.328 e. The van der Waals surface area contributed by atoms with Gasteiger partial charge in [-0.1, -0.05) is 40.5 Å². The van der Waals surface area contributed by atoms with Gasteiger partial charge in [-0.05, 0) is 18.8 Å². The normalized spacial score (nSPS) is 20.8. The Bertz CT molecular complexity index is 477. The molecular formula is C17H29N3. The maximum atomic E-state index is 5.02. The number of imidazole rings is 1. The number of hydrogen-bond donors (Lipinski definition) is 1. The summed E-state index contributed by atoms with van der Waals surface area (Å²) >= 11 is 0. The van der Waals surface area contributed by atoms with E-state index in [-0.39, 0.29) is 5.41 Å². The van der Waals surface area contributed by atoms with Gasteiger partial charge in [-0.3, -0.25) is 0 Å². The van der Waals surface area contributed by atoms with Crippen LogP contribution < -0.4 is 5.32 Å². The first-order valence-corrected chi connectivity index (χ1v) is 8.32. The van der Waals surface area contributed by atoms with Gasteiger partial charge in [0.15, 0.2) is 0 Å². The Kier molecular flexibility index (Phi) is 3.65. The zero-order chi connectivity index (χ0) is 14.3. The maximum absolute atomic E-state index is 5.02. The van der Waals surface area contributed by atoms with Gasteiger partial charge < -0.3 is 9.88 Å². The zero-order valence-corrected chi connectivity index (χ0v) is 13.5. The van der Waals surface area contributed by atoms with E-state index in [4.69, 9.17) is 4.98 Å². The van der Waals surface area contributed by atoms with E-state index in [1.807, 2.05) is 0 Å². The average molecular weight is 275 g/mol. The van der Waals surface area contributed by atoms with Crippen molar-refractivity contribution in [3.05, 3.63) is 17.2 Å². The fourth-order valence-corrected chi connectivity index (χ4v) is 3.45. The average Bonchev–Trinajstić information content (AvgIpc) is 3.13. The molecule has 2 heterocycles. The minimum absolute atomic E-state index is 0.133. The van der Waals surface area contributed by atoms with Crippen LogP contribution in [0.25, 0.3) is 0 Å². The standard InChI is InChI=1S/C17H29N3/c1-5-13(10-12-6-7-12)20-15-8-9-18-11-14(15)19-16(20)17(2,3)4/h12-13,18H,5-11H2,1-4H3. The Hall–Kier alpha value is -0.830. The molecule has 3 rings (SSSR count). The summed E-state index contributed by atoms with van der Waals surface area (Å²) in [6, 6.07) is 0.658. The highest BCUT2D eigenvalue weighted by molar-refractivity contribution is 5.24. The second kappa shape index (κ2) is 5.18. The van der Waals surface area contributed by atoms with Gasteiger partial charge >= 0.3 is 0 Å². The van der Waals surface area contributed by atoms with Crippen molar-refractivity contribution < 1.29 is 0 Å². The van der Waals surface area contributed by atoms with Crippen LogP contribution in [0.15, 0.2) is 0 Å². The molecule has 0 bridgehead atoms. The lowest BCUT2D eigenvalue weighted by Gasteiger charge is -2.28.